The van der Waals surface area contributed by atoms with Gasteiger partial charge in [-0.15, -0.1) is 0 Å². The maximum Gasteiger partial charge on any atom is 0.317 e. The van der Waals surface area contributed by atoms with Gasteiger partial charge in [0.15, 0.2) is 0 Å². The molecule has 1 aromatic carbocycles. The molecular formula is C16H19N3O10. The van der Waals surface area contributed by atoms with Crippen molar-refractivity contribution in [3.05, 3.63) is 46.0 Å². The number of carboxylic acids is 4. The summed E-state index contributed by atoms with van der Waals surface area (Å²) in [6.07, 6.45) is 0. The van der Waals surface area contributed by atoms with E-state index in [1.807, 2.05) is 0 Å². The van der Waals surface area contributed by atoms with E-state index in [1.165, 1.54) is 30.3 Å². The molecule has 0 aliphatic rings. The average molecular weight is 413 g/mol. The van der Waals surface area contributed by atoms with Gasteiger partial charge in [0, 0.05) is 10.5 Å². The fourth-order valence-electron chi connectivity index (χ4n) is 2.86. The SMILES string of the molecule is O=C(O)CN(CC(=O)O)CC(c1ccccc1)(N(CC(=O)O)CC(=O)O)[N+](=O)[O-]. The molecule has 158 valence electrons. The number of nitro groups is 1. The summed E-state index contributed by atoms with van der Waals surface area (Å²) in [4.78, 5) is 57.3. The van der Waals surface area contributed by atoms with Crippen LogP contribution in [0.1, 0.15) is 5.56 Å². The number of hydrogen-bond acceptors (Lipinski definition) is 8. The Morgan fingerprint density at radius 3 is 1.59 bits per heavy atom. The average Bonchev–Trinajstić information content (AvgIpc) is 2.57. The first kappa shape index (κ1) is 23.5. The maximum absolute atomic E-state index is 12.2. The fraction of sp³-hybridized carbons (Fsp3) is 0.375. The zero-order chi connectivity index (χ0) is 22.2. The Balaban J connectivity index is 3.65. The van der Waals surface area contributed by atoms with Crippen LogP contribution in [0.5, 0.6) is 0 Å². The number of benzene rings is 1. The Bertz CT molecular complexity index is 752. The highest BCUT2D eigenvalue weighted by Gasteiger charge is 2.53. The lowest BCUT2D eigenvalue weighted by atomic mass is 9.96. The van der Waals surface area contributed by atoms with Gasteiger partial charge in [-0.05, 0) is 0 Å². The van der Waals surface area contributed by atoms with Gasteiger partial charge < -0.3 is 20.4 Å². The van der Waals surface area contributed by atoms with Crippen molar-refractivity contribution in [1.82, 2.24) is 9.80 Å². The minimum Gasteiger partial charge on any atom is -0.480 e. The Labute approximate surface area is 163 Å². The van der Waals surface area contributed by atoms with Gasteiger partial charge in [-0.3, -0.25) is 34.2 Å². The minimum atomic E-state index is -2.54. The van der Waals surface area contributed by atoms with Crippen molar-refractivity contribution in [2.75, 3.05) is 32.7 Å². The summed E-state index contributed by atoms with van der Waals surface area (Å²) >= 11 is 0. The van der Waals surface area contributed by atoms with Crippen molar-refractivity contribution >= 4 is 23.9 Å². The topological polar surface area (TPSA) is 199 Å². The van der Waals surface area contributed by atoms with E-state index in [1.54, 1.807) is 0 Å². The van der Waals surface area contributed by atoms with Crippen LogP contribution >= 0.6 is 0 Å². The number of aliphatic carboxylic acids is 4. The van der Waals surface area contributed by atoms with Crippen LogP contribution in [0.3, 0.4) is 0 Å². The molecule has 0 fully saturated rings. The number of nitrogens with zero attached hydrogens (tertiary/aromatic N) is 3. The van der Waals surface area contributed by atoms with E-state index in [0.29, 0.717) is 4.90 Å². The van der Waals surface area contributed by atoms with Crippen LogP contribution in [0.4, 0.5) is 0 Å². The molecule has 0 aliphatic heterocycles. The second kappa shape index (κ2) is 10.1. The summed E-state index contributed by atoms with van der Waals surface area (Å²) < 4.78 is 0. The van der Waals surface area contributed by atoms with Gasteiger partial charge >= 0.3 is 29.5 Å². The van der Waals surface area contributed by atoms with Crippen molar-refractivity contribution in [1.29, 1.82) is 0 Å². The fourth-order valence-corrected chi connectivity index (χ4v) is 2.86. The molecule has 0 amide bonds. The third-order valence-electron chi connectivity index (χ3n) is 3.88. The van der Waals surface area contributed by atoms with Gasteiger partial charge in [0.05, 0.1) is 19.6 Å². The van der Waals surface area contributed by atoms with Gasteiger partial charge in [-0.2, -0.15) is 0 Å². The van der Waals surface area contributed by atoms with Gasteiger partial charge in [0.25, 0.3) is 0 Å². The Morgan fingerprint density at radius 1 is 0.828 bits per heavy atom. The molecule has 1 unspecified atom stereocenters. The molecule has 29 heavy (non-hydrogen) atoms. The third kappa shape index (κ3) is 6.51. The van der Waals surface area contributed by atoms with Gasteiger partial charge in [0.1, 0.15) is 13.1 Å². The molecule has 0 bridgehead atoms. The molecule has 0 saturated heterocycles. The standard InChI is InChI=1S/C16H19N3O10/c20-12(21)6-17(7-13(22)23)10-16(19(28)29,11-4-2-1-3-5-11)18(8-14(24)25)9-15(26)27/h1-5H,6-10H2,(H,20,21)(H,22,23)(H,24,25)(H,26,27). The van der Waals surface area contributed by atoms with Gasteiger partial charge in [-0.1, -0.05) is 30.3 Å². The summed E-state index contributed by atoms with van der Waals surface area (Å²) in [5.74, 6) is -6.06. The summed E-state index contributed by atoms with van der Waals surface area (Å²) in [7, 11) is 0. The van der Waals surface area contributed by atoms with E-state index in [9.17, 15) is 29.3 Å². The zero-order valence-corrected chi connectivity index (χ0v) is 15.0. The lowest BCUT2D eigenvalue weighted by Crippen LogP contribution is -2.61. The number of carbonyl (C=O) groups is 4. The van der Waals surface area contributed by atoms with Crippen LogP contribution in [0.2, 0.25) is 0 Å². The number of carboxylic acid groups (broad SMARTS) is 4. The van der Waals surface area contributed by atoms with Crippen molar-refractivity contribution in [3.8, 4) is 0 Å². The highest BCUT2D eigenvalue weighted by Crippen LogP contribution is 2.31. The van der Waals surface area contributed by atoms with Crippen molar-refractivity contribution in [2.24, 2.45) is 0 Å². The highest BCUT2D eigenvalue weighted by molar-refractivity contribution is 5.73. The quantitative estimate of drug-likeness (QED) is 0.176. The van der Waals surface area contributed by atoms with Crippen LogP contribution in [-0.2, 0) is 24.8 Å². The molecule has 0 radical (unpaired) electrons. The van der Waals surface area contributed by atoms with Crippen molar-refractivity contribution in [3.63, 3.8) is 0 Å². The molecule has 1 atom stereocenters. The number of hydrogen-bond donors (Lipinski definition) is 4. The van der Waals surface area contributed by atoms with E-state index in [4.69, 9.17) is 20.4 Å². The lowest BCUT2D eigenvalue weighted by Gasteiger charge is -2.37. The summed E-state index contributed by atoms with van der Waals surface area (Å²) in [5.41, 5.74) is -2.67. The molecule has 0 spiro atoms. The van der Waals surface area contributed by atoms with Gasteiger partial charge in [0.2, 0.25) is 0 Å². The van der Waals surface area contributed by atoms with Crippen LogP contribution in [0, 0.1) is 10.1 Å². The first-order valence-corrected chi connectivity index (χ1v) is 8.03. The Kier molecular flexibility index (Phi) is 8.17. The van der Waals surface area contributed by atoms with Crippen LogP contribution in [0.25, 0.3) is 0 Å². The zero-order valence-electron chi connectivity index (χ0n) is 15.0. The summed E-state index contributed by atoms with van der Waals surface area (Å²) in [6.45, 7) is -4.80. The van der Waals surface area contributed by atoms with Crippen LogP contribution < -0.4 is 0 Å². The minimum absolute atomic E-state index is 0.131. The maximum atomic E-state index is 12.2. The molecule has 13 heteroatoms. The molecule has 13 nitrogen and oxygen atoms in total. The first-order valence-electron chi connectivity index (χ1n) is 8.03. The molecule has 0 saturated carbocycles. The first-order chi connectivity index (χ1) is 13.5. The second-order valence-electron chi connectivity index (χ2n) is 6.02. The monoisotopic (exact) mass is 413 g/mol. The van der Waals surface area contributed by atoms with E-state index in [0.717, 1.165) is 4.90 Å². The lowest BCUT2D eigenvalue weighted by molar-refractivity contribution is -0.612. The molecule has 0 aliphatic carbocycles. The van der Waals surface area contributed by atoms with E-state index in [-0.39, 0.29) is 5.56 Å². The smallest absolute Gasteiger partial charge is 0.317 e. The Hall–Kier alpha value is -3.58. The summed E-state index contributed by atoms with van der Waals surface area (Å²) in [5, 5.41) is 48.6. The van der Waals surface area contributed by atoms with Crippen LogP contribution in [-0.4, -0.2) is 91.8 Å². The van der Waals surface area contributed by atoms with Gasteiger partial charge in [-0.25, -0.2) is 4.90 Å². The number of rotatable bonds is 13. The molecule has 4 N–H and O–H groups in total. The van der Waals surface area contributed by atoms with Crippen molar-refractivity contribution < 1.29 is 44.5 Å². The summed E-state index contributed by atoms with van der Waals surface area (Å²) in [6, 6.07) is 6.80. The van der Waals surface area contributed by atoms with E-state index >= 15 is 0 Å². The molecule has 1 aromatic rings. The predicted molar refractivity (Wildman–Crippen MR) is 93.7 cm³/mol. The predicted octanol–water partition coefficient (Wildman–Crippen LogP) is -0.941. The largest absolute Gasteiger partial charge is 0.480 e. The molecule has 0 heterocycles. The third-order valence-corrected chi connectivity index (χ3v) is 3.88. The highest BCUT2D eigenvalue weighted by atomic mass is 16.6. The van der Waals surface area contributed by atoms with Crippen LogP contribution in [0.15, 0.2) is 30.3 Å². The second-order valence-corrected chi connectivity index (χ2v) is 6.02. The van der Waals surface area contributed by atoms with E-state index < -0.39 is 67.2 Å². The molecule has 1 rings (SSSR count). The molecule has 0 aromatic heterocycles. The molecular weight excluding hydrogens is 394 g/mol. The van der Waals surface area contributed by atoms with Crippen molar-refractivity contribution in [2.45, 2.75) is 5.66 Å². The van der Waals surface area contributed by atoms with E-state index in [2.05, 4.69) is 0 Å². The Morgan fingerprint density at radius 2 is 1.24 bits per heavy atom. The normalized spacial score (nSPS) is 13.0.